The van der Waals surface area contributed by atoms with Crippen molar-refractivity contribution in [1.82, 2.24) is 25.2 Å². The standard InChI is InChI=1S/C25H33F3N6O/c1-24(2)9-8-16(11-31-24)32-23-30-13-19(25(26,27)28)20(33-23)18-12-29-21-17(18)7-4-10-34(22(21)35)14-15-5-3-6-15/h12-13,15-16,29,31H,3-11,14H2,1-2H3,(H,30,32,33). The van der Waals surface area contributed by atoms with Crippen LogP contribution in [0.25, 0.3) is 11.3 Å². The molecule has 0 radical (unpaired) electrons. The van der Waals surface area contributed by atoms with Crippen molar-refractivity contribution in [2.75, 3.05) is 25.0 Å². The Morgan fingerprint density at radius 1 is 1.23 bits per heavy atom. The summed E-state index contributed by atoms with van der Waals surface area (Å²) in [4.78, 5) is 26.4. The van der Waals surface area contributed by atoms with E-state index in [1.54, 1.807) is 0 Å². The number of halogens is 3. The Hall–Kier alpha value is -2.62. The van der Waals surface area contributed by atoms with Gasteiger partial charge >= 0.3 is 6.18 Å². The maximum Gasteiger partial charge on any atom is 0.419 e. The summed E-state index contributed by atoms with van der Waals surface area (Å²) in [5, 5.41) is 6.64. The van der Waals surface area contributed by atoms with Gasteiger partial charge in [0, 0.05) is 49.2 Å². The van der Waals surface area contributed by atoms with Crippen molar-refractivity contribution in [3.63, 3.8) is 0 Å². The Balaban J connectivity index is 1.45. The first-order valence-electron chi connectivity index (χ1n) is 12.6. The van der Waals surface area contributed by atoms with Crippen LogP contribution in [0.3, 0.4) is 0 Å². The zero-order valence-electron chi connectivity index (χ0n) is 20.3. The Kier molecular flexibility index (Phi) is 6.27. The summed E-state index contributed by atoms with van der Waals surface area (Å²) in [6.07, 6.45) is 4.23. The first kappa shape index (κ1) is 24.1. The van der Waals surface area contributed by atoms with E-state index < -0.39 is 11.7 Å². The second-order valence-electron chi connectivity index (χ2n) is 10.8. The van der Waals surface area contributed by atoms with Gasteiger partial charge in [0.25, 0.3) is 5.91 Å². The van der Waals surface area contributed by atoms with E-state index in [-0.39, 0.29) is 29.1 Å². The molecule has 1 saturated carbocycles. The molecule has 1 unspecified atom stereocenters. The van der Waals surface area contributed by atoms with Crippen LogP contribution in [0, 0.1) is 5.92 Å². The van der Waals surface area contributed by atoms with Crippen LogP contribution in [-0.2, 0) is 12.6 Å². The van der Waals surface area contributed by atoms with E-state index in [4.69, 9.17) is 0 Å². The summed E-state index contributed by atoms with van der Waals surface area (Å²) in [5.74, 6) is 0.565. The Bertz CT molecular complexity index is 1080. The van der Waals surface area contributed by atoms with Crippen LogP contribution < -0.4 is 10.6 Å². The van der Waals surface area contributed by atoms with Crippen molar-refractivity contribution >= 4 is 11.9 Å². The Morgan fingerprint density at radius 3 is 2.69 bits per heavy atom. The number of anilines is 1. The minimum absolute atomic E-state index is 0.0255. The molecule has 2 aromatic heterocycles. The highest BCUT2D eigenvalue weighted by atomic mass is 19.4. The fraction of sp³-hybridized carbons (Fsp3) is 0.640. The fourth-order valence-electron chi connectivity index (χ4n) is 5.28. The molecule has 5 rings (SSSR count). The van der Waals surface area contributed by atoms with Gasteiger partial charge in [-0.25, -0.2) is 9.97 Å². The van der Waals surface area contributed by atoms with E-state index in [0.29, 0.717) is 55.2 Å². The summed E-state index contributed by atoms with van der Waals surface area (Å²) in [5.41, 5.74) is 0.290. The summed E-state index contributed by atoms with van der Waals surface area (Å²) in [6.45, 7) is 6.27. The summed E-state index contributed by atoms with van der Waals surface area (Å²) >= 11 is 0. The van der Waals surface area contributed by atoms with E-state index in [9.17, 15) is 18.0 Å². The number of nitrogens with one attached hydrogen (secondary N) is 3. The maximum atomic E-state index is 14.0. The predicted octanol–water partition coefficient (Wildman–Crippen LogP) is 4.62. The normalized spacial score (nSPS) is 22.9. The topological polar surface area (TPSA) is 85.9 Å². The summed E-state index contributed by atoms with van der Waals surface area (Å²) < 4.78 is 41.9. The molecule has 2 fully saturated rings. The van der Waals surface area contributed by atoms with Crippen molar-refractivity contribution in [1.29, 1.82) is 0 Å². The number of H-pyrrole nitrogens is 1. The van der Waals surface area contributed by atoms with Gasteiger partial charge in [-0.3, -0.25) is 4.79 Å². The van der Waals surface area contributed by atoms with E-state index in [1.807, 2.05) is 4.90 Å². The number of hydrogen-bond acceptors (Lipinski definition) is 5. The lowest BCUT2D eigenvalue weighted by Gasteiger charge is -2.36. The zero-order chi connectivity index (χ0) is 24.8. The van der Waals surface area contributed by atoms with Crippen molar-refractivity contribution in [2.24, 2.45) is 5.92 Å². The van der Waals surface area contributed by atoms with Crippen LogP contribution >= 0.6 is 0 Å². The van der Waals surface area contributed by atoms with Gasteiger partial charge in [0.05, 0.1) is 5.69 Å². The maximum absolute atomic E-state index is 14.0. The molecule has 0 bridgehead atoms. The SMILES string of the molecule is CC1(C)CCC(Nc2ncc(C(F)(F)F)c(-c3c[nH]c4c3CCCN(CC3CCC3)C4=O)n2)CN1. The number of aromatic nitrogens is 3. The van der Waals surface area contributed by atoms with Gasteiger partial charge in [0.15, 0.2) is 0 Å². The lowest BCUT2D eigenvalue weighted by Crippen LogP contribution is -2.50. The molecule has 7 nitrogen and oxygen atoms in total. The molecule has 3 N–H and O–H groups in total. The molecule has 2 aliphatic heterocycles. The number of carbonyl (C=O) groups is 1. The largest absolute Gasteiger partial charge is 0.419 e. The van der Waals surface area contributed by atoms with Crippen LogP contribution in [0.4, 0.5) is 19.1 Å². The number of rotatable bonds is 5. The van der Waals surface area contributed by atoms with Gasteiger partial charge in [0.1, 0.15) is 11.3 Å². The number of amides is 1. The van der Waals surface area contributed by atoms with Crippen LogP contribution in [0.2, 0.25) is 0 Å². The van der Waals surface area contributed by atoms with Gasteiger partial charge in [-0.1, -0.05) is 6.42 Å². The minimum atomic E-state index is -4.61. The first-order chi connectivity index (χ1) is 16.6. The number of piperidine rings is 1. The highest BCUT2D eigenvalue weighted by Gasteiger charge is 2.38. The van der Waals surface area contributed by atoms with E-state index in [1.165, 1.54) is 12.6 Å². The molecule has 0 aromatic carbocycles. The Morgan fingerprint density at radius 2 is 2.03 bits per heavy atom. The molecule has 4 heterocycles. The highest BCUT2D eigenvalue weighted by Crippen LogP contribution is 2.39. The molecule has 1 atom stereocenters. The zero-order valence-corrected chi connectivity index (χ0v) is 20.3. The van der Waals surface area contributed by atoms with Gasteiger partial charge in [-0.15, -0.1) is 0 Å². The average Bonchev–Trinajstić information content (AvgIpc) is 3.12. The number of nitrogens with zero attached hydrogens (tertiary/aromatic N) is 3. The smallest absolute Gasteiger partial charge is 0.356 e. The lowest BCUT2D eigenvalue weighted by atomic mass is 9.85. The summed E-state index contributed by atoms with van der Waals surface area (Å²) in [7, 11) is 0. The van der Waals surface area contributed by atoms with Crippen LogP contribution in [-0.4, -0.2) is 57.0 Å². The number of fused-ring (bicyclic) bond motifs is 1. The Labute approximate surface area is 203 Å². The quantitative estimate of drug-likeness (QED) is 0.570. The van der Waals surface area contributed by atoms with Crippen LogP contribution in [0.1, 0.15) is 74.0 Å². The summed E-state index contributed by atoms with van der Waals surface area (Å²) in [6, 6.07) is 0.0255. The van der Waals surface area contributed by atoms with Gasteiger partial charge < -0.3 is 20.5 Å². The fourth-order valence-corrected chi connectivity index (χ4v) is 5.28. The number of aromatic amines is 1. The molecule has 1 amide bonds. The monoisotopic (exact) mass is 490 g/mol. The van der Waals surface area contributed by atoms with Crippen LogP contribution in [0.5, 0.6) is 0 Å². The van der Waals surface area contributed by atoms with Crippen molar-refractivity contribution < 1.29 is 18.0 Å². The molecule has 35 heavy (non-hydrogen) atoms. The lowest BCUT2D eigenvalue weighted by molar-refractivity contribution is -0.137. The van der Waals surface area contributed by atoms with Gasteiger partial charge in [-0.2, -0.15) is 13.2 Å². The third kappa shape index (κ3) is 5.03. The second-order valence-corrected chi connectivity index (χ2v) is 10.8. The second kappa shape index (κ2) is 9.11. The van der Waals surface area contributed by atoms with E-state index in [0.717, 1.165) is 31.9 Å². The molecular weight excluding hydrogens is 457 g/mol. The third-order valence-electron chi connectivity index (χ3n) is 7.67. The van der Waals surface area contributed by atoms with E-state index >= 15 is 0 Å². The molecule has 2 aromatic rings. The highest BCUT2D eigenvalue weighted by molar-refractivity contribution is 5.96. The number of alkyl halides is 3. The van der Waals surface area contributed by atoms with Gasteiger partial charge in [0.2, 0.25) is 5.95 Å². The minimum Gasteiger partial charge on any atom is -0.356 e. The first-order valence-corrected chi connectivity index (χ1v) is 12.6. The van der Waals surface area contributed by atoms with Gasteiger partial charge in [-0.05, 0) is 63.9 Å². The predicted molar refractivity (Wildman–Crippen MR) is 127 cm³/mol. The third-order valence-corrected chi connectivity index (χ3v) is 7.67. The van der Waals surface area contributed by atoms with Crippen molar-refractivity contribution in [2.45, 2.75) is 76.6 Å². The average molecular weight is 491 g/mol. The van der Waals surface area contributed by atoms with Crippen molar-refractivity contribution in [3.05, 3.63) is 29.2 Å². The molecule has 1 saturated heterocycles. The molecule has 1 aliphatic carbocycles. The number of hydrogen-bond donors (Lipinski definition) is 3. The van der Waals surface area contributed by atoms with Crippen molar-refractivity contribution in [3.8, 4) is 11.3 Å². The number of carbonyl (C=O) groups excluding carboxylic acids is 1. The van der Waals surface area contributed by atoms with Crippen LogP contribution in [0.15, 0.2) is 12.4 Å². The molecular formula is C25H33F3N6O. The molecule has 3 aliphatic rings. The molecule has 190 valence electrons. The van der Waals surface area contributed by atoms with E-state index in [2.05, 4.69) is 39.4 Å². The molecule has 0 spiro atoms. The molecule has 10 heteroatoms.